The van der Waals surface area contributed by atoms with Gasteiger partial charge in [0.05, 0.1) is 5.56 Å². The van der Waals surface area contributed by atoms with Gasteiger partial charge in [-0.2, -0.15) is 0 Å². The number of H-pyrrole nitrogens is 1. The first-order valence-electron chi connectivity index (χ1n) is 6.05. The Kier molecular flexibility index (Phi) is 3.90. The number of carboxylic acids is 1. The number of aromatic carboxylic acids is 1. The molecule has 0 saturated heterocycles. The minimum atomic E-state index is -0.854. The molecule has 5 heteroatoms. The Hall–Kier alpha value is -1.81. The first-order chi connectivity index (χ1) is 8.72. The molecule has 0 fully saturated rings. The molecule has 1 aliphatic rings. The lowest BCUT2D eigenvalue weighted by atomic mass is 10.0. The van der Waals surface area contributed by atoms with E-state index in [1.54, 1.807) is 18.3 Å². The molecule has 100 valence electrons. The molecule has 2 aromatic rings. The van der Waals surface area contributed by atoms with Gasteiger partial charge >= 0.3 is 5.97 Å². The van der Waals surface area contributed by atoms with Gasteiger partial charge in [-0.3, -0.25) is 0 Å². The zero-order valence-electron chi connectivity index (χ0n) is 10.3. The number of nitrogens with one attached hydrogen (secondary N) is 1. The Labute approximate surface area is 117 Å². The summed E-state index contributed by atoms with van der Waals surface area (Å²) < 4.78 is 0. The number of aromatic amines is 1. The molecule has 2 N–H and O–H groups in total. The van der Waals surface area contributed by atoms with Crippen LogP contribution < -0.4 is 0 Å². The van der Waals surface area contributed by atoms with Crippen LogP contribution in [0.2, 0.25) is 0 Å². The molecule has 1 heterocycles. The topological polar surface area (TPSA) is 66.0 Å². The van der Waals surface area contributed by atoms with Crippen LogP contribution >= 0.6 is 12.4 Å². The van der Waals surface area contributed by atoms with Gasteiger partial charge in [-0.25, -0.2) is 9.78 Å². The number of rotatable bonds is 3. The van der Waals surface area contributed by atoms with Gasteiger partial charge in [0.1, 0.15) is 5.82 Å². The standard InChI is InChI=1S/C14H14N2O2.ClH/c17-14(18)11-2-1-10-5-9(6-12(10)8-11)7-13-15-3-4-16-13;/h1-4,8-9H,5-7H2,(H,15,16)(H,17,18);1H. The van der Waals surface area contributed by atoms with Gasteiger partial charge in [0.15, 0.2) is 0 Å². The van der Waals surface area contributed by atoms with Crippen LogP contribution in [0.3, 0.4) is 0 Å². The van der Waals surface area contributed by atoms with Crippen LogP contribution in [0, 0.1) is 5.92 Å². The second-order valence-electron chi connectivity index (χ2n) is 4.80. The largest absolute Gasteiger partial charge is 0.478 e. The number of hydrogen-bond donors (Lipinski definition) is 2. The monoisotopic (exact) mass is 278 g/mol. The molecule has 0 saturated carbocycles. The van der Waals surface area contributed by atoms with Gasteiger partial charge in [-0.05, 0) is 42.0 Å². The average Bonchev–Trinajstić information content (AvgIpc) is 2.96. The normalized spacial score (nSPS) is 16.7. The third kappa shape index (κ3) is 2.79. The molecular formula is C14H15ClN2O2. The van der Waals surface area contributed by atoms with E-state index in [0.29, 0.717) is 11.5 Å². The van der Waals surface area contributed by atoms with E-state index in [1.807, 2.05) is 12.3 Å². The summed E-state index contributed by atoms with van der Waals surface area (Å²) in [7, 11) is 0. The minimum Gasteiger partial charge on any atom is -0.478 e. The van der Waals surface area contributed by atoms with Crippen molar-refractivity contribution in [1.29, 1.82) is 0 Å². The van der Waals surface area contributed by atoms with Crippen molar-refractivity contribution < 1.29 is 9.90 Å². The van der Waals surface area contributed by atoms with Crippen LogP contribution in [0.25, 0.3) is 0 Å². The first-order valence-corrected chi connectivity index (χ1v) is 6.05. The average molecular weight is 279 g/mol. The van der Waals surface area contributed by atoms with Gasteiger partial charge in [0, 0.05) is 18.8 Å². The molecule has 1 aliphatic carbocycles. The lowest BCUT2D eigenvalue weighted by molar-refractivity contribution is 0.0697. The highest BCUT2D eigenvalue weighted by Gasteiger charge is 2.23. The van der Waals surface area contributed by atoms with Crippen molar-refractivity contribution in [2.45, 2.75) is 19.3 Å². The van der Waals surface area contributed by atoms with Crippen molar-refractivity contribution in [2.24, 2.45) is 5.92 Å². The fraction of sp³-hybridized carbons (Fsp3) is 0.286. The quantitative estimate of drug-likeness (QED) is 0.906. The second-order valence-corrected chi connectivity index (χ2v) is 4.80. The number of nitrogens with zero attached hydrogens (tertiary/aromatic N) is 1. The summed E-state index contributed by atoms with van der Waals surface area (Å²) >= 11 is 0. The predicted molar refractivity (Wildman–Crippen MR) is 73.8 cm³/mol. The van der Waals surface area contributed by atoms with Gasteiger partial charge in [0.2, 0.25) is 0 Å². The summed E-state index contributed by atoms with van der Waals surface area (Å²) in [5.74, 6) is 0.675. The van der Waals surface area contributed by atoms with Crippen LogP contribution in [0.15, 0.2) is 30.6 Å². The summed E-state index contributed by atoms with van der Waals surface area (Å²) in [6.45, 7) is 0. The molecule has 0 amide bonds. The van der Waals surface area contributed by atoms with Gasteiger partial charge in [-0.1, -0.05) is 6.07 Å². The van der Waals surface area contributed by atoms with Crippen molar-refractivity contribution in [3.8, 4) is 0 Å². The van der Waals surface area contributed by atoms with E-state index in [1.165, 1.54) is 11.1 Å². The lowest BCUT2D eigenvalue weighted by Crippen LogP contribution is -2.05. The highest BCUT2D eigenvalue weighted by Crippen LogP contribution is 2.29. The smallest absolute Gasteiger partial charge is 0.335 e. The van der Waals surface area contributed by atoms with Crippen molar-refractivity contribution in [3.05, 3.63) is 53.1 Å². The molecule has 4 nitrogen and oxygen atoms in total. The summed E-state index contributed by atoms with van der Waals surface area (Å²) in [6.07, 6.45) is 6.47. The van der Waals surface area contributed by atoms with Gasteiger partial charge in [-0.15, -0.1) is 12.4 Å². The van der Waals surface area contributed by atoms with E-state index in [-0.39, 0.29) is 12.4 Å². The van der Waals surface area contributed by atoms with E-state index >= 15 is 0 Å². The number of imidazole rings is 1. The number of halogens is 1. The molecule has 1 aromatic carbocycles. The Balaban J connectivity index is 0.00000133. The maximum atomic E-state index is 10.9. The maximum Gasteiger partial charge on any atom is 0.335 e. The third-order valence-corrected chi connectivity index (χ3v) is 3.51. The molecule has 0 spiro atoms. The summed E-state index contributed by atoms with van der Waals surface area (Å²) in [4.78, 5) is 18.3. The highest BCUT2D eigenvalue weighted by atomic mass is 35.5. The number of hydrogen-bond acceptors (Lipinski definition) is 2. The molecular weight excluding hydrogens is 264 g/mol. The lowest BCUT2D eigenvalue weighted by Gasteiger charge is -2.05. The van der Waals surface area contributed by atoms with Crippen molar-refractivity contribution in [3.63, 3.8) is 0 Å². The highest BCUT2D eigenvalue weighted by molar-refractivity contribution is 5.88. The predicted octanol–water partition coefficient (Wildman–Crippen LogP) is 2.49. The zero-order chi connectivity index (χ0) is 12.5. The Morgan fingerprint density at radius 2 is 2.16 bits per heavy atom. The van der Waals surface area contributed by atoms with E-state index in [2.05, 4.69) is 9.97 Å². The Morgan fingerprint density at radius 3 is 2.84 bits per heavy atom. The van der Waals surface area contributed by atoms with Crippen LogP contribution in [-0.2, 0) is 19.3 Å². The molecule has 0 aliphatic heterocycles. The fourth-order valence-corrected chi connectivity index (χ4v) is 2.67. The summed E-state index contributed by atoms with van der Waals surface area (Å²) in [5, 5.41) is 8.97. The van der Waals surface area contributed by atoms with Crippen LogP contribution in [-0.4, -0.2) is 21.0 Å². The summed E-state index contributed by atoms with van der Waals surface area (Å²) in [6, 6.07) is 5.44. The Bertz CT molecular complexity index is 581. The molecule has 1 unspecified atom stereocenters. The van der Waals surface area contributed by atoms with Gasteiger partial charge in [0.25, 0.3) is 0 Å². The van der Waals surface area contributed by atoms with Crippen LogP contribution in [0.5, 0.6) is 0 Å². The van der Waals surface area contributed by atoms with Crippen molar-refractivity contribution in [1.82, 2.24) is 9.97 Å². The van der Waals surface area contributed by atoms with E-state index in [9.17, 15) is 4.79 Å². The van der Waals surface area contributed by atoms with Crippen LogP contribution in [0.4, 0.5) is 0 Å². The Morgan fingerprint density at radius 1 is 1.37 bits per heavy atom. The molecule has 19 heavy (non-hydrogen) atoms. The van der Waals surface area contributed by atoms with E-state index < -0.39 is 5.97 Å². The molecule has 0 bridgehead atoms. The SMILES string of the molecule is Cl.O=C(O)c1ccc2c(c1)CC(Cc1ncc[nH]1)C2. The molecule has 1 aromatic heterocycles. The van der Waals surface area contributed by atoms with Crippen molar-refractivity contribution in [2.75, 3.05) is 0 Å². The van der Waals surface area contributed by atoms with Crippen molar-refractivity contribution >= 4 is 18.4 Å². The molecule has 1 atom stereocenters. The zero-order valence-corrected chi connectivity index (χ0v) is 11.1. The van der Waals surface area contributed by atoms with E-state index in [0.717, 1.165) is 25.1 Å². The first kappa shape index (κ1) is 13.6. The maximum absolute atomic E-state index is 10.9. The minimum absolute atomic E-state index is 0. The number of aromatic nitrogens is 2. The number of carboxylic acid groups (broad SMARTS) is 1. The summed E-state index contributed by atoms with van der Waals surface area (Å²) in [5.41, 5.74) is 2.83. The number of fused-ring (bicyclic) bond motifs is 1. The van der Waals surface area contributed by atoms with E-state index in [4.69, 9.17) is 5.11 Å². The molecule has 0 radical (unpaired) electrons. The second kappa shape index (κ2) is 5.45. The van der Waals surface area contributed by atoms with Gasteiger partial charge < -0.3 is 10.1 Å². The van der Waals surface area contributed by atoms with Crippen LogP contribution in [0.1, 0.15) is 27.3 Å². The molecule has 3 rings (SSSR count). The third-order valence-electron chi connectivity index (χ3n) is 3.51. The number of carbonyl (C=O) groups is 1. The number of benzene rings is 1. The fourth-order valence-electron chi connectivity index (χ4n) is 2.67.